The lowest BCUT2D eigenvalue weighted by Gasteiger charge is -2.27. The molecule has 1 fully saturated rings. The Morgan fingerprint density at radius 3 is 1.92 bits per heavy atom. The molecule has 0 saturated carbocycles. The summed E-state index contributed by atoms with van der Waals surface area (Å²) in [7, 11) is 0. The quantitative estimate of drug-likeness (QED) is 0.135. The molecule has 1 aliphatic rings. The highest BCUT2D eigenvalue weighted by Crippen LogP contribution is 2.36. The lowest BCUT2D eigenvalue weighted by molar-refractivity contribution is 0.0165. The van der Waals surface area contributed by atoms with Crippen LogP contribution in [0.1, 0.15) is 76.4 Å². The van der Waals surface area contributed by atoms with Crippen LogP contribution in [-0.2, 0) is 4.74 Å². The van der Waals surface area contributed by atoms with Crippen molar-refractivity contribution in [2.24, 2.45) is 0 Å². The number of ether oxygens (including phenoxy) is 2. The Bertz CT molecular complexity index is 1220. The van der Waals surface area contributed by atoms with Crippen molar-refractivity contribution >= 4 is 12.6 Å². The van der Waals surface area contributed by atoms with Crippen LogP contribution in [0.15, 0.2) is 48.5 Å². The average molecular weight is 561 g/mol. The Kier molecular flexibility index (Phi) is 10.7. The number of unbranched alkanes of at least 4 members (excludes halogenated alkanes) is 6. The third-order valence-corrected chi connectivity index (χ3v) is 7.68. The number of rotatable bonds is 12. The lowest BCUT2D eigenvalue weighted by atomic mass is 9.95. The summed E-state index contributed by atoms with van der Waals surface area (Å²) in [6, 6.07) is 12.2. The van der Waals surface area contributed by atoms with Gasteiger partial charge in [-0.15, -0.1) is 0 Å². The first kappa shape index (κ1) is 29.5. The maximum absolute atomic E-state index is 15.0. The molecule has 3 aromatic carbocycles. The monoisotopic (exact) mass is 560 g/mol. The van der Waals surface area contributed by atoms with E-state index in [1.807, 2.05) is 0 Å². The van der Waals surface area contributed by atoms with Crippen molar-refractivity contribution in [3.63, 3.8) is 0 Å². The second-order valence-electron chi connectivity index (χ2n) is 10.2. The van der Waals surface area contributed by atoms with Gasteiger partial charge in [0.2, 0.25) is 5.82 Å². The van der Waals surface area contributed by atoms with Gasteiger partial charge in [-0.05, 0) is 42.5 Å². The number of hydrogen-bond acceptors (Lipinski definition) is 3. The molecule has 0 amide bonds. The van der Waals surface area contributed by atoms with Gasteiger partial charge >= 0.3 is 0 Å². The van der Waals surface area contributed by atoms with E-state index in [1.165, 1.54) is 43.9 Å². The fourth-order valence-corrected chi connectivity index (χ4v) is 5.19. The summed E-state index contributed by atoms with van der Waals surface area (Å²) in [5, 5.41) is 0.101. The first-order valence-electron chi connectivity index (χ1n) is 13.9. The van der Waals surface area contributed by atoms with Crippen LogP contribution in [0.4, 0.5) is 17.6 Å². The Morgan fingerprint density at radius 1 is 0.718 bits per heavy atom. The zero-order chi connectivity index (χ0) is 27.8. The molecule has 0 N–H and O–H groups in total. The van der Waals surface area contributed by atoms with Gasteiger partial charge in [-0.1, -0.05) is 81.8 Å². The minimum Gasteiger partial charge on any atom is -0.490 e. The molecule has 4 rings (SSSR count). The van der Waals surface area contributed by atoms with Gasteiger partial charge in [-0.25, -0.2) is 13.2 Å². The van der Waals surface area contributed by atoms with Crippen molar-refractivity contribution in [1.29, 1.82) is 0 Å². The Morgan fingerprint density at radius 2 is 1.31 bits per heavy atom. The molecule has 1 saturated heterocycles. The average Bonchev–Trinajstić information content (AvgIpc) is 2.95. The van der Waals surface area contributed by atoms with E-state index in [9.17, 15) is 13.2 Å². The fraction of sp³-hybridized carbons (Fsp3) is 0.438. The van der Waals surface area contributed by atoms with Gasteiger partial charge in [0, 0.05) is 21.9 Å². The molecular weight excluding hydrogens is 524 g/mol. The summed E-state index contributed by atoms with van der Waals surface area (Å²) in [6.07, 6.45) is 8.59. The molecule has 3 aromatic rings. The van der Waals surface area contributed by atoms with E-state index in [0.29, 0.717) is 30.8 Å². The SMILES string of the molecule is CCCCCCCCCOc1ccc(-c2ccc(-c3ccc(C4CCC(S)CO4)c(F)c3F)cc2)c(F)c1F. The van der Waals surface area contributed by atoms with Gasteiger partial charge in [-0.3, -0.25) is 0 Å². The summed E-state index contributed by atoms with van der Waals surface area (Å²) in [6.45, 7) is 2.90. The molecule has 7 heteroatoms. The predicted molar refractivity (Wildman–Crippen MR) is 151 cm³/mol. The molecule has 2 unspecified atom stereocenters. The molecule has 0 aromatic heterocycles. The minimum atomic E-state index is -1.03. The van der Waals surface area contributed by atoms with E-state index in [0.717, 1.165) is 25.7 Å². The first-order chi connectivity index (χ1) is 18.9. The van der Waals surface area contributed by atoms with Crippen LogP contribution in [0.3, 0.4) is 0 Å². The van der Waals surface area contributed by atoms with Crippen molar-refractivity contribution in [3.8, 4) is 28.0 Å². The van der Waals surface area contributed by atoms with Crippen LogP contribution in [0.2, 0.25) is 0 Å². The summed E-state index contributed by atoms with van der Waals surface area (Å²) in [5.41, 5.74) is 1.20. The van der Waals surface area contributed by atoms with Gasteiger partial charge in [0.05, 0.1) is 19.3 Å². The van der Waals surface area contributed by atoms with Crippen LogP contribution in [0.5, 0.6) is 5.75 Å². The lowest BCUT2D eigenvalue weighted by Crippen LogP contribution is -2.21. The Hall–Kier alpha value is -2.51. The second-order valence-corrected chi connectivity index (χ2v) is 10.9. The van der Waals surface area contributed by atoms with Crippen LogP contribution in [-0.4, -0.2) is 18.5 Å². The minimum absolute atomic E-state index is 0.0706. The Labute approximate surface area is 234 Å². The second kappa shape index (κ2) is 14.2. The molecule has 2 atom stereocenters. The third-order valence-electron chi connectivity index (χ3n) is 7.27. The molecule has 1 heterocycles. The number of benzene rings is 3. The Balaban J connectivity index is 1.40. The van der Waals surface area contributed by atoms with Crippen molar-refractivity contribution in [1.82, 2.24) is 0 Å². The van der Waals surface area contributed by atoms with E-state index in [1.54, 1.807) is 30.3 Å². The van der Waals surface area contributed by atoms with Gasteiger partial charge in [0.1, 0.15) is 0 Å². The predicted octanol–water partition coefficient (Wildman–Crippen LogP) is 9.86. The van der Waals surface area contributed by atoms with Gasteiger partial charge < -0.3 is 9.47 Å². The number of hydrogen-bond donors (Lipinski definition) is 1. The van der Waals surface area contributed by atoms with Crippen LogP contribution < -0.4 is 4.74 Å². The van der Waals surface area contributed by atoms with Gasteiger partial charge in [-0.2, -0.15) is 17.0 Å². The largest absolute Gasteiger partial charge is 0.490 e. The number of halogens is 4. The zero-order valence-electron chi connectivity index (χ0n) is 22.3. The van der Waals surface area contributed by atoms with Crippen molar-refractivity contribution in [2.45, 2.75) is 76.1 Å². The maximum atomic E-state index is 15.0. The van der Waals surface area contributed by atoms with Crippen LogP contribution in [0.25, 0.3) is 22.3 Å². The molecule has 0 aliphatic carbocycles. The van der Waals surface area contributed by atoms with E-state index in [2.05, 4.69) is 19.6 Å². The van der Waals surface area contributed by atoms with Crippen LogP contribution >= 0.6 is 12.6 Å². The van der Waals surface area contributed by atoms with Crippen LogP contribution in [0, 0.1) is 23.3 Å². The molecule has 0 bridgehead atoms. The molecule has 39 heavy (non-hydrogen) atoms. The van der Waals surface area contributed by atoms with Crippen molar-refractivity contribution < 1.29 is 27.0 Å². The standard InChI is InChI=1S/C32H36F4O2S/c1-2-3-4-5-6-7-8-19-37-28-18-16-25(30(34)32(28)36)22-11-9-21(10-12-22)24-14-15-26(31(35)29(24)33)27-17-13-23(39)20-38-27/h9-12,14-16,18,23,27,39H,2-8,13,17,19-20H2,1H3. The molecular formula is C32H36F4O2S. The summed E-state index contributed by atoms with van der Waals surface area (Å²) in [5.74, 6) is -4.03. The van der Waals surface area contributed by atoms with Crippen molar-refractivity contribution in [2.75, 3.05) is 13.2 Å². The molecule has 0 radical (unpaired) electrons. The highest BCUT2D eigenvalue weighted by molar-refractivity contribution is 7.81. The topological polar surface area (TPSA) is 18.5 Å². The molecule has 0 spiro atoms. The zero-order valence-corrected chi connectivity index (χ0v) is 23.2. The number of thiol groups is 1. The highest BCUT2D eigenvalue weighted by Gasteiger charge is 2.26. The third kappa shape index (κ3) is 7.37. The van der Waals surface area contributed by atoms with E-state index >= 15 is 4.39 Å². The smallest absolute Gasteiger partial charge is 0.201 e. The van der Waals surface area contributed by atoms with E-state index < -0.39 is 29.4 Å². The molecule has 1 aliphatic heterocycles. The van der Waals surface area contributed by atoms with E-state index in [4.69, 9.17) is 9.47 Å². The summed E-state index contributed by atoms with van der Waals surface area (Å²) < 4.78 is 70.7. The molecule has 210 valence electrons. The summed E-state index contributed by atoms with van der Waals surface area (Å²) in [4.78, 5) is 0. The fourth-order valence-electron chi connectivity index (χ4n) is 4.96. The first-order valence-corrected chi connectivity index (χ1v) is 14.4. The maximum Gasteiger partial charge on any atom is 0.201 e. The summed E-state index contributed by atoms with van der Waals surface area (Å²) >= 11 is 4.36. The van der Waals surface area contributed by atoms with Gasteiger partial charge in [0.15, 0.2) is 23.2 Å². The molecule has 2 nitrogen and oxygen atoms in total. The van der Waals surface area contributed by atoms with Crippen molar-refractivity contribution in [3.05, 3.63) is 77.4 Å². The van der Waals surface area contributed by atoms with E-state index in [-0.39, 0.29) is 27.7 Å². The normalized spacial score (nSPS) is 17.4. The van der Waals surface area contributed by atoms with Gasteiger partial charge in [0.25, 0.3) is 0 Å². The highest BCUT2D eigenvalue weighted by atomic mass is 32.1.